The normalized spacial score (nSPS) is 13.3. The molecule has 0 aliphatic carbocycles. The van der Waals surface area contributed by atoms with E-state index in [0.717, 1.165) is 148 Å². The Labute approximate surface area is 435 Å². The van der Waals surface area contributed by atoms with Crippen molar-refractivity contribution in [1.82, 2.24) is 0 Å². The number of hydrogen-bond acceptors (Lipinski definition) is 6. The van der Waals surface area contributed by atoms with Crippen molar-refractivity contribution in [1.29, 1.82) is 0 Å². The van der Waals surface area contributed by atoms with Crippen molar-refractivity contribution in [3.05, 3.63) is 158 Å². The molecular formula is C65H100O6. The molecule has 71 heavy (non-hydrogen) atoms. The highest BCUT2D eigenvalue weighted by Crippen LogP contribution is 2.12. The molecule has 0 aromatic rings. The minimum Gasteiger partial charge on any atom is -0.462 e. The van der Waals surface area contributed by atoms with Crippen LogP contribution in [0.15, 0.2) is 158 Å². The molecule has 0 spiro atoms. The maximum Gasteiger partial charge on any atom is 0.306 e. The van der Waals surface area contributed by atoms with E-state index in [4.69, 9.17) is 14.2 Å². The number of carbonyl (C=O) groups is 3. The van der Waals surface area contributed by atoms with Crippen LogP contribution in [-0.4, -0.2) is 37.2 Å². The largest absolute Gasteiger partial charge is 0.462 e. The summed E-state index contributed by atoms with van der Waals surface area (Å²) in [5, 5.41) is 0. The molecular weight excluding hydrogens is 877 g/mol. The molecule has 6 nitrogen and oxygen atoms in total. The van der Waals surface area contributed by atoms with Crippen molar-refractivity contribution in [2.45, 2.75) is 219 Å². The average Bonchev–Trinajstić information content (AvgIpc) is 3.37. The van der Waals surface area contributed by atoms with Gasteiger partial charge in [0.05, 0.1) is 0 Å². The van der Waals surface area contributed by atoms with E-state index >= 15 is 0 Å². The molecule has 0 N–H and O–H groups in total. The SMILES string of the molecule is CC/C=C\C/C=C\C/C=C\C/C=C\C/C=C\C/C=C\C/C=C\C/C=C\C/C=C\CCCCCCCCCC(=O)OCC(COC(=O)CCCCCCC)OC(=O)CC/C=C\C/C=C\C/C=C\C/C=C\CC. The van der Waals surface area contributed by atoms with Crippen molar-refractivity contribution < 1.29 is 28.6 Å². The van der Waals surface area contributed by atoms with Gasteiger partial charge >= 0.3 is 17.9 Å². The van der Waals surface area contributed by atoms with Crippen molar-refractivity contribution >= 4 is 17.9 Å². The van der Waals surface area contributed by atoms with Gasteiger partial charge in [-0.2, -0.15) is 0 Å². The zero-order valence-corrected chi connectivity index (χ0v) is 45.2. The summed E-state index contributed by atoms with van der Waals surface area (Å²) in [4.78, 5) is 37.6. The molecule has 0 amide bonds. The van der Waals surface area contributed by atoms with E-state index in [9.17, 15) is 14.4 Å². The molecule has 1 atom stereocenters. The van der Waals surface area contributed by atoms with Crippen LogP contribution >= 0.6 is 0 Å². The van der Waals surface area contributed by atoms with Crippen LogP contribution in [0, 0.1) is 0 Å². The van der Waals surface area contributed by atoms with E-state index < -0.39 is 12.1 Å². The number of carbonyl (C=O) groups excluding carboxylic acids is 3. The Morgan fingerprint density at radius 3 is 0.915 bits per heavy atom. The van der Waals surface area contributed by atoms with Crippen LogP contribution in [0.4, 0.5) is 0 Å². The second kappa shape index (κ2) is 57.6. The van der Waals surface area contributed by atoms with E-state index in [1.54, 1.807) is 0 Å². The first kappa shape index (κ1) is 66.0. The summed E-state index contributed by atoms with van der Waals surface area (Å²) in [6.07, 6.45) is 84.5. The molecule has 0 bridgehead atoms. The lowest BCUT2D eigenvalue weighted by Gasteiger charge is -2.18. The topological polar surface area (TPSA) is 78.9 Å². The number of ether oxygens (including phenoxy) is 3. The van der Waals surface area contributed by atoms with Gasteiger partial charge in [-0.1, -0.05) is 237 Å². The molecule has 1 unspecified atom stereocenters. The van der Waals surface area contributed by atoms with Crippen LogP contribution < -0.4 is 0 Å². The highest BCUT2D eigenvalue weighted by atomic mass is 16.6. The third-order valence-electron chi connectivity index (χ3n) is 11.0. The molecule has 0 radical (unpaired) electrons. The Hall–Kier alpha value is -4.97. The van der Waals surface area contributed by atoms with Gasteiger partial charge in [-0.25, -0.2) is 0 Å². The molecule has 0 saturated heterocycles. The maximum atomic E-state index is 12.7. The highest BCUT2D eigenvalue weighted by molar-refractivity contribution is 5.71. The van der Waals surface area contributed by atoms with Gasteiger partial charge in [-0.3, -0.25) is 14.4 Å². The summed E-state index contributed by atoms with van der Waals surface area (Å²) in [5.41, 5.74) is 0. The minimum atomic E-state index is -0.822. The van der Waals surface area contributed by atoms with Crippen molar-refractivity contribution in [2.24, 2.45) is 0 Å². The predicted octanol–water partition coefficient (Wildman–Crippen LogP) is 19.0. The van der Waals surface area contributed by atoms with Gasteiger partial charge in [0.15, 0.2) is 6.10 Å². The van der Waals surface area contributed by atoms with E-state index in [-0.39, 0.29) is 31.6 Å². The van der Waals surface area contributed by atoms with Crippen LogP contribution in [0.25, 0.3) is 0 Å². The second-order valence-corrected chi connectivity index (χ2v) is 17.7. The van der Waals surface area contributed by atoms with E-state index in [2.05, 4.69) is 167 Å². The van der Waals surface area contributed by atoms with E-state index in [1.807, 2.05) is 12.2 Å². The van der Waals surface area contributed by atoms with Gasteiger partial charge in [-0.15, -0.1) is 0 Å². The summed E-state index contributed by atoms with van der Waals surface area (Å²) in [6, 6.07) is 0. The smallest absolute Gasteiger partial charge is 0.306 e. The first-order valence-corrected chi connectivity index (χ1v) is 28.0. The van der Waals surface area contributed by atoms with Crippen molar-refractivity contribution in [2.75, 3.05) is 13.2 Å². The lowest BCUT2D eigenvalue weighted by Crippen LogP contribution is -2.30. The number of allylic oxidation sites excluding steroid dienone is 26. The molecule has 0 aromatic carbocycles. The Morgan fingerprint density at radius 2 is 0.577 bits per heavy atom. The van der Waals surface area contributed by atoms with Crippen LogP contribution in [0.5, 0.6) is 0 Å². The first-order chi connectivity index (χ1) is 35.0. The third kappa shape index (κ3) is 55.8. The van der Waals surface area contributed by atoms with Gasteiger partial charge in [0.2, 0.25) is 0 Å². The van der Waals surface area contributed by atoms with Gasteiger partial charge in [0.25, 0.3) is 0 Å². The number of rotatable bonds is 48. The van der Waals surface area contributed by atoms with Gasteiger partial charge < -0.3 is 14.2 Å². The zero-order valence-electron chi connectivity index (χ0n) is 45.2. The van der Waals surface area contributed by atoms with Crippen LogP contribution in [0.2, 0.25) is 0 Å². The Kier molecular flexibility index (Phi) is 53.6. The molecule has 0 aromatic heterocycles. The number of hydrogen-bond donors (Lipinski definition) is 0. The Bertz CT molecular complexity index is 1640. The maximum absolute atomic E-state index is 12.7. The lowest BCUT2D eigenvalue weighted by molar-refractivity contribution is -0.166. The molecule has 0 saturated carbocycles. The fraction of sp³-hybridized carbons (Fsp3) is 0.554. The van der Waals surface area contributed by atoms with Gasteiger partial charge in [0, 0.05) is 19.3 Å². The summed E-state index contributed by atoms with van der Waals surface area (Å²) >= 11 is 0. The molecule has 396 valence electrons. The molecule has 0 fully saturated rings. The second-order valence-electron chi connectivity index (χ2n) is 17.7. The summed E-state index contributed by atoms with van der Waals surface area (Å²) in [7, 11) is 0. The number of unbranched alkanes of at least 4 members (excludes halogenated alkanes) is 11. The first-order valence-electron chi connectivity index (χ1n) is 28.0. The quantitative estimate of drug-likeness (QED) is 0.0262. The Balaban J connectivity index is 4.12. The third-order valence-corrected chi connectivity index (χ3v) is 11.0. The van der Waals surface area contributed by atoms with E-state index in [0.29, 0.717) is 19.3 Å². The molecule has 0 aliphatic rings. The zero-order chi connectivity index (χ0) is 51.4. The van der Waals surface area contributed by atoms with Crippen molar-refractivity contribution in [3.63, 3.8) is 0 Å². The average molecular weight is 978 g/mol. The van der Waals surface area contributed by atoms with Crippen LogP contribution in [-0.2, 0) is 28.6 Å². The fourth-order valence-corrected chi connectivity index (χ4v) is 6.92. The van der Waals surface area contributed by atoms with Gasteiger partial charge in [0.1, 0.15) is 13.2 Å². The lowest BCUT2D eigenvalue weighted by atomic mass is 10.1. The summed E-state index contributed by atoms with van der Waals surface area (Å²) < 4.78 is 16.6. The standard InChI is InChI=1S/C65H100O6/c1-4-7-10-13-15-17-19-21-22-23-24-25-26-27-28-29-30-31-32-33-34-35-36-37-38-39-40-41-42-44-45-47-49-52-55-58-64(67)70-61-62(60-69-63(66)57-54-51-12-9-6-3)71-65(68)59-56-53-50-48-46-43-20-18-16-14-11-8-5-2/h7-8,10-11,15-18,21-22,24-25,27-28,30-31,33-34,36-37,39-40,43,46,50,53,62H,4-6,9,12-14,19-20,23,26,29,32,35,38,41-42,44-45,47-49,51-52,54-61H2,1-3H3/b10-7-,11-8-,17-15-,18-16-,22-21-,25-24-,28-27-,31-30-,34-33-,37-36-,40-39-,46-43-,53-50-. The van der Waals surface area contributed by atoms with Crippen LogP contribution in [0.1, 0.15) is 213 Å². The summed E-state index contributed by atoms with van der Waals surface area (Å²) in [5.74, 6) is -1.04. The summed E-state index contributed by atoms with van der Waals surface area (Å²) in [6.45, 7) is 6.22. The molecule has 6 heteroatoms. The monoisotopic (exact) mass is 977 g/mol. The predicted molar refractivity (Wildman–Crippen MR) is 306 cm³/mol. The van der Waals surface area contributed by atoms with Crippen molar-refractivity contribution in [3.8, 4) is 0 Å². The molecule has 0 aliphatic heterocycles. The van der Waals surface area contributed by atoms with Gasteiger partial charge in [-0.05, 0) is 116 Å². The van der Waals surface area contributed by atoms with E-state index in [1.165, 1.54) is 19.3 Å². The van der Waals surface area contributed by atoms with Crippen LogP contribution in [0.3, 0.4) is 0 Å². The number of esters is 3. The highest BCUT2D eigenvalue weighted by Gasteiger charge is 2.19. The minimum absolute atomic E-state index is 0.116. The fourth-order valence-electron chi connectivity index (χ4n) is 6.92. The molecule has 0 rings (SSSR count). The molecule has 0 heterocycles. The Morgan fingerprint density at radius 1 is 0.296 bits per heavy atom.